The van der Waals surface area contributed by atoms with E-state index in [-0.39, 0.29) is 6.61 Å². The molecule has 0 saturated heterocycles. The molecule has 1 aromatic carbocycles. The maximum Gasteiger partial charge on any atom is 0.294 e. The Kier molecular flexibility index (Phi) is 6.01. The Labute approximate surface area is 113 Å². The second-order valence-corrected chi connectivity index (χ2v) is 5.65. The lowest BCUT2D eigenvalue weighted by atomic mass is 10.3. The van der Waals surface area contributed by atoms with Gasteiger partial charge in [-0.25, -0.2) is 0 Å². The standard InChI is InChI=1S/C13H18O5S/c1-4-10-16-19(14,15)12(3)17-11(2)18-13-8-6-5-7-9-13/h4-9,11-12H,1,10H2,2-3H3. The van der Waals surface area contributed by atoms with Gasteiger partial charge in [0.2, 0.25) is 0 Å². The molecule has 0 saturated carbocycles. The van der Waals surface area contributed by atoms with Gasteiger partial charge in [0.15, 0.2) is 11.7 Å². The molecule has 0 N–H and O–H groups in total. The lowest BCUT2D eigenvalue weighted by molar-refractivity contribution is -0.0784. The van der Waals surface area contributed by atoms with Crippen LogP contribution in [0.25, 0.3) is 0 Å². The van der Waals surface area contributed by atoms with Crippen molar-refractivity contribution < 1.29 is 22.1 Å². The van der Waals surface area contributed by atoms with Crippen LogP contribution in [0.2, 0.25) is 0 Å². The SMILES string of the molecule is C=CCOS(=O)(=O)C(C)OC(C)Oc1ccccc1. The minimum absolute atomic E-state index is 0.0794. The summed E-state index contributed by atoms with van der Waals surface area (Å²) in [5.41, 5.74) is -1.12. The number of rotatable bonds is 8. The van der Waals surface area contributed by atoms with Crippen LogP contribution in [0.15, 0.2) is 43.0 Å². The Hall–Kier alpha value is -1.37. The molecular formula is C13H18O5S. The molecule has 6 heteroatoms. The molecular weight excluding hydrogens is 268 g/mol. The molecule has 1 aromatic rings. The molecule has 0 aliphatic carbocycles. The molecule has 2 atom stereocenters. The summed E-state index contributed by atoms with van der Waals surface area (Å²) in [6.45, 7) is 6.32. The quantitative estimate of drug-likeness (QED) is 0.417. The molecule has 0 heterocycles. The predicted octanol–water partition coefficient (Wildman–Crippen LogP) is 2.31. The molecule has 0 fully saturated rings. The van der Waals surface area contributed by atoms with Crippen molar-refractivity contribution in [2.24, 2.45) is 0 Å². The third-order valence-corrected chi connectivity index (χ3v) is 3.57. The molecule has 1 rings (SSSR count). The number of para-hydroxylation sites is 1. The van der Waals surface area contributed by atoms with Crippen LogP contribution in [0, 0.1) is 0 Å². The minimum Gasteiger partial charge on any atom is -0.465 e. The Morgan fingerprint density at radius 3 is 2.47 bits per heavy atom. The van der Waals surface area contributed by atoms with E-state index in [1.54, 1.807) is 19.1 Å². The summed E-state index contributed by atoms with van der Waals surface area (Å²) >= 11 is 0. The zero-order valence-electron chi connectivity index (χ0n) is 11.0. The van der Waals surface area contributed by atoms with E-state index >= 15 is 0 Å². The van der Waals surface area contributed by atoms with Gasteiger partial charge in [-0.1, -0.05) is 24.3 Å². The molecule has 0 bridgehead atoms. The van der Waals surface area contributed by atoms with Crippen molar-refractivity contribution in [2.75, 3.05) is 6.61 Å². The highest BCUT2D eigenvalue weighted by Crippen LogP contribution is 2.14. The van der Waals surface area contributed by atoms with Gasteiger partial charge in [0.05, 0.1) is 6.61 Å². The van der Waals surface area contributed by atoms with E-state index in [1.165, 1.54) is 13.0 Å². The van der Waals surface area contributed by atoms with Gasteiger partial charge in [-0.15, -0.1) is 6.58 Å². The van der Waals surface area contributed by atoms with Crippen LogP contribution in [0.1, 0.15) is 13.8 Å². The minimum atomic E-state index is -3.78. The van der Waals surface area contributed by atoms with Gasteiger partial charge >= 0.3 is 0 Å². The van der Waals surface area contributed by atoms with Gasteiger partial charge in [0.25, 0.3) is 10.1 Å². The Bertz CT molecular complexity index is 483. The Balaban J connectivity index is 2.52. The average Bonchev–Trinajstić information content (AvgIpc) is 2.37. The molecule has 2 unspecified atom stereocenters. The van der Waals surface area contributed by atoms with Crippen molar-refractivity contribution in [3.63, 3.8) is 0 Å². The Morgan fingerprint density at radius 2 is 1.89 bits per heavy atom. The van der Waals surface area contributed by atoms with Crippen molar-refractivity contribution in [1.29, 1.82) is 0 Å². The van der Waals surface area contributed by atoms with E-state index < -0.39 is 21.8 Å². The van der Waals surface area contributed by atoms with E-state index in [9.17, 15) is 8.42 Å². The van der Waals surface area contributed by atoms with Gasteiger partial charge < -0.3 is 9.47 Å². The summed E-state index contributed by atoms with van der Waals surface area (Å²) in [7, 11) is -3.78. The zero-order chi connectivity index (χ0) is 14.3. The summed E-state index contributed by atoms with van der Waals surface area (Å²) in [5, 5.41) is 0. The lowest BCUT2D eigenvalue weighted by Gasteiger charge is -2.19. The topological polar surface area (TPSA) is 61.8 Å². The van der Waals surface area contributed by atoms with E-state index in [0.717, 1.165) is 0 Å². The molecule has 0 aliphatic heterocycles. The predicted molar refractivity (Wildman–Crippen MR) is 72.1 cm³/mol. The van der Waals surface area contributed by atoms with E-state index in [1.807, 2.05) is 18.2 Å². The van der Waals surface area contributed by atoms with Crippen LogP contribution in [0.4, 0.5) is 0 Å². The fourth-order valence-corrected chi connectivity index (χ4v) is 2.07. The number of ether oxygens (including phenoxy) is 2. The molecule has 106 valence electrons. The van der Waals surface area contributed by atoms with Crippen molar-refractivity contribution >= 4 is 10.1 Å². The molecule has 0 radical (unpaired) electrons. The molecule has 0 amide bonds. The van der Waals surface area contributed by atoms with Crippen molar-refractivity contribution in [3.05, 3.63) is 43.0 Å². The summed E-state index contributed by atoms with van der Waals surface area (Å²) in [6.07, 6.45) is 0.647. The van der Waals surface area contributed by atoms with Crippen molar-refractivity contribution in [1.82, 2.24) is 0 Å². The van der Waals surface area contributed by atoms with Gasteiger partial charge in [0, 0.05) is 0 Å². The first-order chi connectivity index (χ1) is 8.95. The zero-order valence-corrected chi connectivity index (χ0v) is 11.8. The molecule has 0 spiro atoms. The highest BCUT2D eigenvalue weighted by molar-refractivity contribution is 7.87. The molecule has 0 aliphatic rings. The summed E-state index contributed by atoms with van der Waals surface area (Å²) in [6, 6.07) is 9.00. The monoisotopic (exact) mass is 286 g/mol. The Morgan fingerprint density at radius 1 is 1.26 bits per heavy atom. The van der Waals surface area contributed by atoms with Crippen molar-refractivity contribution in [3.8, 4) is 5.75 Å². The number of benzene rings is 1. The normalized spacial score (nSPS) is 14.6. The molecule has 0 aromatic heterocycles. The van der Waals surface area contributed by atoms with Gasteiger partial charge in [0.1, 0.15) is 5.75 Å². The third kappa shape index (κ3) is 5.42. The number of hydrogen-bond acceptors (Lipinski definition) is 5. The fourth-order valence-electron chi connectivity index (χ4n) is 1.30. The highest BCUT2D eigenvalue weighted by Gasteiger charge is 2.24. The lowest BCUT2D eigenvalue weighted by Crippen LogP contribution is -2.30. The van der Waals surface area contributed by atoms with Crippen LogP contribution >= 0.6 is 0 Å². The smallest absolute Gasteiger partial charge is 0.294 e. The summed E-state index contributed by atoms with van der Waals surface area (Å²) in [5.74, 6) is 0.603. The van der Waals surface area contributed by atoms with Crippen LogP contribution in [-0.2, 0) is 19.0 Å². The van der Waals surface area contributed by atoms with Crippen LogP contribution in [0.5, 0.6) is 5.75 Å². The van der Waals surface area contributed by atoms with Crippen molar-refractivity contribution in [2.45, 2.75) is 25.6 Å². The van der Waals surface area contributed by atoms with E-state index in [4.69, 9.17) is 9.47 Å². The first-order valence-electron chi connectivity index (χ1n) is 5.82. The maximum absolute atomic E-state index is 11.6. The summed E-state index contributed by atoms with van der Waals surface area (Å²) < 4.78 is 38.6. The highest BCUT2D eigenvalue weighted by atomic mass is 32.2. The second kappa shape index (κ2) is 7.28. The number of hydrogen-bond donors (Lipinski definition) is 0. The fraction of sp³-hybridized carbons (Fsp3) is 0.385. The first kappa shape index (κ1) is 15.7. The van der Waals surface area contributed by atoms with Gasteiger partial charge in [-0.05, 0) is 26.0 Å². The van der Waals surface area contributed by atoms with E-state index in [0.29, 0.717) is 5.75 Å². The third-order valence-electron chi connectivity index (χ3n) is 2.19. The van der Waals surface area contributed by atoms with Gasteiger partial charge in [-0.2, -0.15) is 8.42 Å². The maximum atomic E-state index is 11.6. The van der Waals surface area contributed by atoms with E-state index in [2.05, 4.69) is 10.8 Å². The first-order valence-corrected chi connectivity index (χ1v) is 7.29. The summed E-state index contributed by atoms with van der Waals surface area (Å²) in [4.78, 5) is 0. The second-order valence-electron chi connectivity index (χ2n) is 3.77. The van der Waals surface area contributed by atoms with Gasteiger partial charge in [-0.3, -0.25) is 4.18 Å². The van der Waals surface area contributed by atoms with Crippen LogP contribution < -0.4 is 4.74 Å². The van der Waals surface area contributed by atoms with Crippen LogP contribution in [0.3, 0.4) is 0 Å². The molecule has 19 heavy (non-hydrogen) atoms. The largest absolute Gasteiger partial charge is 0.465 e. The van der Waals surface area contributed by atoms with Crippen LogP contribution in [-0.4, -0.2) is 26.8 Å². The average molecular weight is 286 g/mol. The molecule has 5 nitrogen and oxygen atoms in total.